The number of carbonyl (C=O) groups excluding carboxylic acids is 2. The van der Waals surface area contributed by atoms with E-state index in [4.69, 9.17) is 4.98 Å². The fraction of sp³-hybridized carbons (Fsp3) is 0.483. The molecule has 2 aromatic carbocycles. The molecule has 41 heavy (non-hydrogen) atoms. The molecular weight excluding hydrogens is 547 g/mol. The van der Waals surface area contributed by atoms with Gasteiger partial charge in [-0.1, -0.05) is 0 Å². The number of imidazole rings is 1. The Balaban J connectivity index is 1.44. The van der Waals surface area contributed by atoms with Gasteiger partial charge in [0.05, 0.1) is 17.3 Å². The summed E-state index contributed by atoms with van der Waals surface area (Å²) in [6.07, 6.45) is 4.18. The van der Waals surface area contributed by atoms with Gasteiger partial charge in [-0.3, -0.25) is 14.9 Å². The molecular formula is C29H37FN6O4S. The Labute approximate surface area is 240 Å². The van der Waals surface area contributed by atoms with Crippen LogP contribution in [0.5, 0.6) is 0 Å². The van der Waals surface area contributed by atoms with E-state index < -0.39 is 15.8 Å². The first kappa shape index (κ1) is 29.0. The van der Waals surface area contributed by atoms with Crippen LogP contribution in [0.25, 0.3) is 11.0 Å². The van der Waals surface area contributed by atoms with Crippen LogP contribution in [0, 0.1) is 11.7 Å². The Morgan fingerprint density at radius 1 is 0.976 bits per heavy atom. The average molecular weight is 585 g/mol. The third kappa shape index (κ3) is 6.54. The van der Waals surface area contributed by atoms with Crippen molar-refractivity contribution in [3.63, 3.8) is 0 Å². The molecule has 0 unspecified atom stereocenters. The minimum Gasteiger partial charge on any atom is -0.369 e. The number of hydrogen-bond acceptors (Lipinski definition) is 6. The molecule has 0 bridgehead atoms. The smallest absolute Gasteiger partial charge is 0.257 e. The van der Waals surface area contributed by atoms with Crippen molar-refractivity contribution in [3.8, 4) is 0 Å². The molecule has 220 valence electrons. The van der Waals surface area contributed by atoms with Gasteiger partial charge < -0.3 is 14.8 Å². The molecule has 2 fully saturated rings. The molecule has 0 spiro atoms. The summed E-state index contributed by atoms with van der Waals surface area (Å²) in [5.41, 5.74) is 2.85. The van der Waals surface area contributed by atoms with Crippen LogP contribution in [0.1, 0.15) is 55.9 Å². The lowest BCUT2D eigenvalue weighted by Gasteiger charge is -2.35. The van der Waals surface area contributed by atoms with Crippen LogP contribution in [0.3, 0.4) is 0 Å². The first-order valence-corrected chi connectivity index (χ1v) is 15.9. The maximum atomic E-state index is 13.4. The van der Waals surface area contributed by atoms with Gasteiger partial charge in [-0.05, 0) is 82.0 Å². The zero-order valence-electron chi connectivity index (χ0n) is 23.6. The van der Waals surface area contributed by atoms with Crippen LogP contribution in [-0.2, 0) is 14.8 Å². The SMILES string of the molecule is CC(C)NC(=O)C1CCC(n2c(NC(=O)c3ccc(F)cc3)nc3ccc(N4CCN(S(C)(=O)=O)CC4)cc32)CC1. The molecule has 5 rings (SSSR count). The number of rotatable bonds is 7. The molecule has 10 nitrogen and oxygen atoms in total. The maximum absolute atomic E-state index is 13.4. The highest BCUT2D eigenvalue weighted by Gasteiger charge is 2.31. The third-order valence-corrected chi connectivity index (χ3v) is 9.24. The van der Waals surface area contributed by atoms with Gasteiger partial charge in [0.15, 0.2) is 0 Å². The maximum Gasteiger partial charge on any atom is 0.257 e. The Kier molecular flexibility index (Phi) is 8.32. The number of benzene rings is 2. The first-order chi connectivity index (χ1) is 19.5. The number of amides is 2. The number of halogens is 1. The van der Waals surface area contributed by atoms with E-state index in [1.165, 1.54) is 34.8 Å². The Morgan fingerprint density at radius 3 is 2.24 bits per heavy atom. The summed E-state index contributed by atoms with van der Waals surface area (Å²) in [6.45, 7) is 5.87. The molecule has 12 heteroatoms. The van der Waals surface area contributed by atoms with Crippen LogP contribution >= 0.6 is 0 Å². The summed E-state index contributed by atoms with van der Waals surface area (Å²) in [6, 6.07) is 11.4. The van der Waals surface area contributed by atoms with Crippen LogP contribution < -0.4 is 15.5 Å². The van der Waals surface area contributed by atoms with E-state index in [-0.39, 0.29) is 29.8 Å². The molecule has 2 aliphatic rings. The molecule has 1 aromatic heterocycles. The van der Waals surface area contributed by atoms with Gasteiger partial charge in [0.1, 0.15) is 5.82 Å². The van der Waals surface area contributed by atoms with Gasteiger partial charge in [0, 0.05) is 55.4 Å². The zero-order chi connectivity index (χ0) is 29.3. The van der Waals surface area contributed by atoms with Crippen molar-refractivity contribution in [2.75, 3.05) is 42.7 Å². The molecule has 1 aliphatic heterocycles. The highest BCUT2D eigenvalue weighted by molar-refractivity contribution is 7.88. The van der Waals surface area contributed by atoms with Crippen LogP contribution in [0.4, 0.5) is 16.0 Å². The van der Waals surface area contributed by atoms with Crippen molar-refractivity contribution >= 4 is 44.5 Å². The number of aromatic nitrogens is 2. The summed E-state index contributed by atoms with van der Waals surface area (Å²) >= 11 is 0. The van der Waals surface area contributed by atoms with Gasteiger partial charge in [-0.2, -0.15) is 4.31 Å². The van der Waals surface area contributed by atoms with Crippen LogP contribution in [0.2, 0.25) is 0 Å². The van der Waals surface area contributed by atoms with Crippen LogP contribution in [-0.4, -0.2) is 72.6 Å². The number of fused-ring (bicyclic) bond motifs is 1. The zero-order valence-corrected chi connectivity index (χ0v) is 24.5. The lowest BCUT2D eigenvalue weighted by atomic mass is 9.85. The number of carbonyl (C=O) groups is 2. The number of nitrogens with one attached hydrogen (secondary N) is 2. The van der Waals surface area contributed by atoms with Crippen LogP contribution in [0.15, 0.2) is 42.5 Å². The molecule has 1 saturated carbocycles. The first-order valence-electron chi connectivity index (χ1n) is 14.1. The van der Waals surface area contributed by atoms with Crippen molar-refractivity contribution < 1.29 is 22.4 Å². The number of anilines is 2. The van der Waals surface area contributed by atoms with E-state index in [9.17, 15) is 22.4 Å². The van der Waals surface area contributed by atoms with Crippen molar-refractivity contribution in [2.45, 2.75) is 51.6 Å². The van der Waals surface area contributed by atoms with E-state index in [1.54, 1.807) is 0 Å². The van der Waals surface area contributed by atoms with Gasteiger partial charge >= 0.3 is 0 Å². The molecule has 1 saturated heterocycles. The quantitative estimate of drug-likeness (QED) is 0.437. The minimum atomic E-state index is -3.24. The molecule has 0 radical (unpaired) electrons. The van der Waals surface area contributed by atoms with E-state index in [2.05, 4.69) is 20.1 Å². The number of hydrogen-bond donors (Lipinski definition) is 2. The van der Waals surface area contributed by atoms with Crippen molar-refractivity contribution in [2.24, 2.45) is 5.92 Å². The van der Waals surface area contributed by atoms with Gasteiger partial charge in [-0.25, -0.2) is 17.8 Å². The number of nitrogens with zero attached hydrogens (tertiary/aromatic N) is 4. The molecule has 2 heterocycles. The standard InChI is InChI=1S/C29H37FN6O4S/c1-19(2)31-27(37)21-6-10-23(11-7-21)36-26-18-24(34-14-16-35(17-15-34)41(3,39)40)12-13-25(26)32-29(36)33-28(38)20-4-8-22(30)9-5-20/h4-5,8-9,12-13,18-19,21,23H,6-7,10-11,14-17H2,1-3H3,(H,31,37)(H,32,33,38). The summed E-state index contributed by atoms with van der Waals surface area (Å²) in [5, 5.41) is 5.96. The Hall–Kier alpha value is -3.51. The molecule has 2 amide bonds. The monoisotopic (exact) mass is 584 g/mol. The van der Waals surface area contributed by atoms with Crippen molar-refractivity contribution in [1.82, 2.24) is 19.2 Å². The molecule has 0 atom stereocenters. The Bertz CT molecular complexity index is 1520. The highest BCUT2D eigenvalue weighted by atomic mass is 32.2. The normalized spacial score (nSPS) is 20.4. The van der Waals surface area contributed by atoms with Crippen molar-refractivity contribution in [3.05, 3.63) is 53.8 Å². The van der Waals surface area contributed by atoms with Gasteiger partial charge in [-0.15, -0.1) is 0 Å². The lowest BCUT2D eigenvalue weighted by Crippen LogP contribution is -2.48. The second kappa shape index (κ2) is 11.8. The summed E-state index contributed by atoms with van der Waals surface area (Å²) < 4.78 is 40.9. The highest BCUT2D eigenvalue weighted by Crippen LogP contribution is 2.38. The lowest BCUT2D eigenvalue weighted by molar-refractivity contribution is -0.126. The van der Waals surface area contributed by atoms with E-state index >= 15 is 0 Å². The predicted molar refractivity (Wildman–Crippen MR) is 157 cm³/mol. The number of sulfonamides is 1. The van der Waals surface area contributed by atoms with E-state index in [1.807, 2.05) is 32.0 Å². The predicted octanol–water partition coefficient (Wildman–Crippen LogP) is 3.77. The summed E-state index contributed by atoms with van der Waals surface area (Å²) in [4.78, 5) is 32.7. The van der Waals surface area contributed by atoms with E-state index in [0.29, 0.717) is 37.7 Å². The van der Waals surface area contributed by atoms with Gasteiger partial charge in [0.2, 0.25) is 21.9 Å². The molecule has 3 aromatic rings. The summed E-state index contributed by atoms with van der Waals surface area (Å²) in [7, 11) is -3.24. The third-order valence-electron chi connectivity index (χ3n) is 7.94. The second-order valence-electron chi connectivity index (χ2n) is 11.3. The summed E-state index contributed by atoms with van der Waals surface area (Å²) in [5.74, 6) is -0.374. The number of piperazine rings is 1. The molecule has 2 N–H and O–H groups in total. The average Bonchev–Trinajstić information content (AvgIpc) is 3.29. The second-order valence-corrected chi connectivity index (χ2v) is 13.2. The van der Waals surface area contributed by atoms with Gasteiger partial charge in [0.25, 0.3) is 5.91 Å². The Morgan fingerprint density at radius 2 is 1.63 bits per heavy atom. The van der Waals surface area contributed by atoms with E-state index in [0.717, 1.165) is 42.4 Å². The minimum absolute atomic E-state index is 0.0175. The molecule has 1 aliphatic carbocycles. The fourth-order valence-corrected chi connectivity index (χ4v) is 6.61. The topological polar surface area (TPSA) is 117 Å². The van der Waals surface area contributed by atoms with Crippen molar-refractivity contribution in [1.29, 1.82) is 0 Å². The fourth-order valence-electron chi connectivity index (χ4n) is 5.79. The largest absolute Gasteiger partial charge is 0.369 e.